The summed E-state index contributed by atoms with van der Waals surface area (Å²) in [6, 6.07) is 22.2. The maximum absolute atomic E-state index is 13.6. The van der Waals surface area contributed by atoms with Gasteiger partial charge < -0.3 is 9.47 Å². The van der Waals surface area contributed by atoms with Crippen LogP contribution in [0.4, 0.5) is 5.69 Å². The Bertz CT molecular complexity index is 1750. The largest absolute Gasteiger partial charge is 0.489 e. The van der Waals surface area contributed by atoms with Gasteiger partial charge in [-0.25, -0.2) is 9.79 Å². The number of hydrogen-bond donors (Lipinski definition) is 0. The fourth-order valence-electron chi connectivity index (χ4n) is 4.34. The molecule has 3 aromatic carbocycles. The first-order valence-electron chi connectivity index (χ1n) is 12.0. The summed E-state index contributed by atoms with van der Waals surface area (Å²) in [5, 5.41) is 11.0. The normalized spacial score (nSPS) is 14.9. The molecule has 0 bridgehead atoms. The average molecular weight is 542 g/mol. The van der Waals surface area contributed by atoms with Crippen LogP contribution in [0.2, 0.25) is 0 Å². The summed E-state index contributed by atoms with van der Waals surface area (Å²) in [7, 11) is 1.29. The molecule has 2 heterocycles. The third-order valence-electron chi connectivity index (χ3n) is 6.27. The molecular weight excluding hydrogens is 518 g/mol. The predicted octanol–water partition coefficient (Wildman–Crippen LogP) is 3.90. The first kappa shape index (κ1) is 25.8. The molecule has 4 aromatic rings. The second-order valence-electron chi connectivity index (χ2n) is 8.77. The number of benzene rings is 3. The molecule has 0 radical (unpaired) electrons. The zero-order valence-electron chi connectivity index (χ0n) is 21.1. The Morgan fingerprint density at radius 3 is 2.41 bits per heavy atom. The van der Waals surface area contributed by atoms with Crippen LogP contribution in [0.15, 0.2) is 99.9 Å². The molecule has 0 fully saturated rings. The molecule has 0 saturated heterocycles. The van der Waals surface area contributed by atoms with Crippen molar-refractivity contribution in [3.05, 3.63) is 137 Å². The van der Waals surface area contributed by atoms with Gasteiger partial charge in [-0.3, -0.25) is 19.5 Å². The minimum Gasteiger partial charge on any atom is -0.489 e. The fraction of sp³-hybridized carbons (Fsp3) is 0.138. The number of nitro groups is 1. The minimum absolute atomic E-state index is 0.0388. The van der Waals surface area contributed by atoms with Gasteiger partial charge in [0.2, 0.25) is 0 Å². The Balaban J connectivity index is 1.54. The maximum atomic E-state index is 13.6. The van der Waals surface area contributed by atoms with Gasteiger partial charge in [0, 0.05) is 12.1 Å². The average Bonchev–Trinajstić information content (AvgIpc) is 3.25. The molecule has 0 N–H and O–H groups in total. The molecule has 9 nitrogen and oxygen atoms in total. The van der Waals surface area contributed by atoms with Crippen molar-refractivity contribution in [1.82, 2.24) is 4.57 Å². The molecule has 1 unspecified atom stereocenters. The highest BCUT2D eigenvalue weighted by Gasteiger charge is 2.33. The summed E-state index contributed by atoms with van der Waals surface area (Å²) >= 11 is 1.18. The number of carbonyl (C=O) groups excluding carboxylic acids is 1. The van der Waals surface area contributed by atoms with E-state index in [0.29, 0.717) is 38.5 Å². The van der Waals surface area contributed by atoms with Crippen molar-refractivity contribution in [2.75, 3.05) is 7.11 Å². The first-order valence-corrected chi connectivity index (χ1v) is 12.8. The number of non-ortho nitro benzene ring substituents is 1. The van der Waals surface area contributed by atoms with Gasteiger partial charge in [-0.05, 0) is 54.0 Å². The summed E-state index contributed by atoms with van der Waals surface area (Å²) in [4.78, 5) is 42.0. The van der Waals surface area contributed by atoms with E-state index in [2.05, 4.69) is 4.99 Å². The van der Waals surface area contributed by atoms with Crippen LogP contribution in [0.25, 0.3) is 6.08 Å². The number of rotatable bonds is 7. The lowest BCUT2D eigenvalue weighted by atomic mass is 9.96. The van der Waals surface area contributed by atoms with E-state index in [1.54, 1.807) is 37.3 Å². The number of thiazole rings is 1. The van der Waals surface area contributed by atoms with Crippen molar-refractivity contribution < 1.29 is 19.2 Å². The third-order valence-corrected chi connectivity index (χ3v) is 7.26. The zero-order valence-corrected chi connectivity index (χ0v) is 21.9. The molecule has 0 spiro atoms. The van der Waals surface area contributed by atoms with E-state index in [1.807, 2.05) is 42.5 Å². The molecule has 196 valence electrons. The second-order valence-corrected chi connectivity index (χ2v) is 9.77. The lowest BCUT2D eigenvalue weighted by molar-refractivity contribution is -0.384. The molecule has 0 amide bonds. The van der Waals surface area contributed by atoms with Crippen LogP contribution in [0.3, 0.4) is 0 Å². The summed E-state index contributed by atoms with van der Waals surface area (Å²) in [5.41, 5.74) is 2.71. The van der Waals surface area contributed by atoms with E-state index < -0.39 is 16.9 Å². The lowest BCUT2D eigenvalue weighted by Gasteiger charge is -2.24. The maximum Gasteiger partial charge on any atom is 0.338 e. The number of hydrogen-bond acceptors (Lipinski definition) is 8. The molecule has 39 heavy (non-hydrogen) atoms. The van der Waals surface area contributed by atoms with E-state index in [1.165, 1.54) is 35.1 Å². The molecule has 1 aromatic heterocycles. The molecule has 10 heteroatoms. The van der Waals surface area contributed by atoms with E-state index >= 15 is 0 Å². The summed E-state index contributed by atoms with van der Waals surface area (Å²) in [6.45, 7) is 2.12. The molecule has 0 saturated carbocycles. The van der Waals surface area contributed by atoms with Crippen LogP contribution in [-0.2, 0) is 16.1 Å². The van der Waals surface area contributed by atoms with Crippen LogP contribution in [0, 0.1) is 10.1 Å². The van der Waals surface area contributed by atoms with Crippen molar-refractivity contribution in [3.8, 4) is 5.75 Å². The number of methoxy groups -OCH3 is 1. The van der Waals surface area contributed by atoms with Gasteiger partial charge in [-0.1, -0.05) is 53.8 Å². The van der Waals surface area contributed by atoms with Crippen molar-refractivity contribution in [2.24, 2.45) is 4.99 Å². The van der Waals surface area contributed by atoms with Gasteiger partial charge in [0.05, 0.1) is 33.9 Å². The minimum atomic E-state index is -0.754. The van der Waals surface area contributed by atoms with E-state index in [9.17, 15) is 19.7 Å². The number of carbonyl (C=O) groups is 1. The predicted molar refractivity (Wildman–Crippen MR) is 146 cm³/mol. The number of aromatic nitrogens is 1. The standard InChI is InChI=1S/C29H23N3O6S/c1-18-25(28(34)37-2)26(21-10-14-23(15-11-21)38-17-20-6-4-3-5-7-20)31-27(33)24(39-29(31)30-18)16-19-8-12-22(13-9-19)32(35)36/h3-16,26H,17H2,1-2H3. The van der Waals surface area contributed by atoms with Crippen LogP contribution in [0.1, 0.15) is 29.7 Å². The highest BCUT2D eigenvalue weighted by molar-refractivity contribution is 7.07. The quantitative estimate of drug-likeness (QED) is 0.199. The molecular formula is C29H23N3O6S. The Morgan fingerprint density at radius 2 is 1.77 bits per heavy atom. The van der Waals surface area contributed by atoms with Crippen LogP contribution >= 0.6 is 11.3 Å². The summed E-state index contributed by atoms with van der Waals surface area (Å²) in [6.07, 6.45) is 1.66. The Labute approximate surface area is 226 Å². The van der Waals surface area contributed by atoms with Crippen molar-refractivity contribution in [1.29, 1.82) is 0 Å². The number of esters is 1. The van der Waals surface area contributed by atoms with Gasteiger partial charge in [0.25, 0.3) is 11.2 Å². The lowest BCUT2D eigenvalue weighted by Crippen LogP contribution is -2.39. The first-order chi connectivity index (χ1) is 18.9. The van der Waals surface area contributed by atoms with E-state index in [0.717, 1.165) is 5.56 Å². The van der Waals surface area contributed by atoms with Crippen LogP contribution in [-0.4, -0.2) is 22.6 Å². The van der Waals surface area contributed by atoms with Gasteiger partial charge in [-0.2, -0.15) is 0 Å². The van der Waals surface area contributed by atoms with E-state index in [4.69, 9.17) is 9.47 Å². The van der Waals surface area contributed by atoms with Gasteiger partial charge in [-0.15, -0.1) is 0 Å². The molecule has 5 rings (SSSR count). The van der Waals surface area contributed by atoms with Crippen molar-refractivity contribution in [3.63, 3.8) is 0 Å². The van der Waals surface area contributed by atoms with Crippen LogP contribution in [0.5, 0.6) is 5.75 Å². The molecule has 1 aliphatic heterocycles. The Morgan fingerprint density at radius 1 is 1.08 bits per heavy atom. The van der Waals surface area contributed by atoms with Crippen molar-refractivity contribution in [2.45, 2.75) is 19.6 Å². The second kappa shape index (κ2) is 10.9. The number of allylic oxidation sites excluding steroid dienone is 1. The number of nitrogens with zero attached hydrogens (tertiary/aromatic N) is 3. The van der Waals surface area contributed by atoms with Gasteiger partial charge in [0.1, 0.15) is 12.4 Å². The number of nitro benzene ring substituents is 1. The van der Waals surface area contributed by atoms with Crippen molar-refractivity contribution >= 4 is 29.1 Å². The van der Waals surface area contributed by atoms with Gasteiger partial charge in [0.15, 0.2) is 4.80 Å². The molecule has 1 aliphatic rings. The SMILES string of the molecule is COC(=O)C1=C(C)N=c2sc(=Cc3ccc([N+](=O)[O-])cc3)c(=O)n2C1c1ccc(OCc2ccccc2)cc1. The Kier molecular flexibility index (Phi) is 7.20. The fourth-order valence-corrected chi connectivity index (χ4v) is 5.39. The smallest absolute Gasteiger partial charge is 0.338 e. The van der Waals surface area contributed by atoms with Crippen LogP contribution < -0.4 is 19.6 Å². The number of ether oxygens (including phenoxy) is 2. The zero-order chi connectivity index (χ0) is 27.5. The molecule has 0 aliphatic carbocycles. The highest BCUT2D eigenvalue weighted by atomic mass is 32.1. The third kappa shape index (κ3) is 5.27. The van der Waals surface area contributed by atoms with Gasteiger partial charge >= 0.3 is 5.97 Å². The van der Waals surface area contributed by atoms with E-state index in [-0.39, 0.29) is 16.8 Å². The Hall–Kier alpha value is -4.83. The monoisotopic (exact) mass is 541 g/mol. The molecule has 1 atom stereocenters. The topological polar surface area (TPSA) is 113 Å². The summed E-state index contributed by atoms with van der Waals surface area (Å²) < 4.78 is 12.8. The number of fused-ring (bicyclic) bond motifs is 1. The summed E-state index contributed by atoms with van der Waals surface area (Å²) in [5.74, 6) is 0.0730. The highest BCUT2D eigenvalue weighted by Crippen LogP contribution is 2.31.